The molecule has 2 aliphatic rings. The smallest absolute Gasteiger partial charge is 0.254 e. The Balaban J connectivity index is 0.00000182. The van der Waals surface area contributed by atoms with Gasteiger partial charge in [-0.2, -0.15) is 0 Å². The Morgan fingerprint density at radius 1 is 1.16 bits per heavy atom. The number of phenolic OH excluding ortho intramolecular Hbond substituents is 1. The molecule has 4 rings (SSSR count). The minimum Gasteiger partial charge on any atom is -0.505 e. The number of fused-ring (bicyclic) bond motifs is 1. The standard InChI is InChI=1S/C19H19FN2O2.ClH/c20-16-7-6-13(8-17(16)23)19(24)22-11-14-9-21-10-15(14)18(22)12-4-2-1-3-5-12;/h1-8,14-15,18,21,23H,9-11H2;1H/t14-,15-,18+;/m0./s1. The fraction of sp³-hybridized carbons (Fsp3) is 0.316. The molecule has 0 unspecified atom stereocenters. The minimum atomic E-state index is -0.714. The summed E-state index contributed by atoms with van der Waals surface area (Å²) in [5.41, 5.74) is 1.44. The predicted octanol–water partition coefficient (Wildman–Crippen LogP) is 2.99. The van der Waals surface area contributed by atoms with Crippen molar-refractivity contribution in [3.05, 3.63) is 65.5 Å². The lowest BCUT2D eigenvalue weighted by Gasteiger charge is -2.28. The molecule has 2 aliphatic heterocycles. The van der Waals surface area contributed by atoms with E-state index in [1.807, 2.05) is 35.2 Å². The molecular weight excluding hydrogens is 343 g/mol. The SMILES string of the molecule is Cl.O=C(c1ccc(F)c(O)c1)N1C[C@@H]2CNC[C@@H]2[C@H]1c1ccccc1. The van der Waals surface area contributed by atoms with Crippen molar-refractivity contribution in [2.24, 2.45) is 11.8 Å². The molecule has 0 saturated carbocycles. The topological polar surface area (TPSA) is 52.6 Å². The lowest BCUT2D eigenvalue weighted by Crippen LogP contribution is -2.34. The molecule has 2 aromatic carbocycles. The van der Waals surface area contributed by atoms with Crippen LogP contribution in [0.5, 0.6) is 5.75 Å². The van der Waals surface area contributed by atoms with Crippen molar-refractivity contribution < 1.29 is 14.3 Å². The lowest BCUT2D eigenvalue weighted by atomic mass is 9.89. The third-order valence-corrected chi connectivity index (χ3v) is 5.16. The highest BCUT2D eigenvalue weighted by molar-refractivity contribution is 5.95. The van der Waals surface area contributed by atoms with E-state index in [0.717, 1.165) is 24.7 Å². The number of rotatable bonds is 2. The first kappa shape index (κ1) is 17.7. The molecular formula is C19H20ClFN2O2. The van der Waals surface area contributed by atoms with Crippen LogP contribution >= 0.6 is 12.4 Å². The minimum absolute atomic E-state index is 0. The first-order valence-electron chi connectivity index (χ1n) is 8.20. The van der Waals surface area contributed by atoms with Gasteiger partial charge in [-0.25, -0.2) is 4.39 Å². The van der Waals surface area contributed by atoms with Crippen LogP contribution in [0.3, 0.4) is 0 Å². The zero-order valence-corrected chi connectivity index (χ0v) is 14.4. The van der Waals surface area contributed by atoms with Gasteiger partial charge in [-0.3, -0.25) is 4.79 Å². The second kappa shape index (κ2) is 7.02. The first-order chi connectivity index (χ1) is 11.6. The number of nitrogens with one attached hydrogen (secondary N) is 1. The van der Waals surface area contributed by atoms with Gasteiger partial charge in [-0.1, -0.05) is 30.3 Å². The summed E-state index contributed by atoms with van der Waals surface area (Å²) in [4.78, 5) is 14.9. The van der Waals surface area contributed by atoms with Gasteiger partial charge in [0, 0.05) is 31.1 Å². The van der Waals surface area contributed by atoms with Gasteiger partial charge in [0.05, 0.1) is 6.04 Å². The Labute approximate surface area is 152 Å². The number of phenols is 1. The normalized spacial score (nSPS) is 24.7. The van der Waals surface area contributed by atoms with Gasteiger partial charge in [-0.15, -0.1) is 12.4 Å². The van der Waals surface area contributed by atoms with Crippen LogP contribution in [0.4, 0.5) is 4.39 Å². The Morgan fingerprint density at radius 3 is 2.64 bits per heavy atom. The number of carbonyl (C=O) groups excluding carboxylic acids is 1. The van der Waals surface area contributed by atoms with E-state index in [1.165, 1.54) is 12.1 Å². The molecule has 4 nitrogen and oxygen atoms in total. The van der Waals surface area contributed by atoms with Crippen LogP contribution in [-0.2, 0) is 0 Å². The van der Waals surface area contributed by atoms with E-state index in [2.05, 4.69) is 5.32 Å². The fourth-order valence-corrected chi connectivity index (χ4v) is 4.02. The maximum absolute atomic E-state index is 13.3. The number of hydrogen-bond donors (Lipinski definition) is 2. The maximum atomic E-state index is 13.3. The second-order valence-corrected chi connectivity index (χ2v) is 6.56. The summed E-state index contributed by atoms with van der Waals surface area (Å²) >= 11 is 0. The number of benzene rings is 2. The zero-order chi connectivity index (χ0) is 16.7. The Hall–Kier alpha value is -2.11. The third-order valence-electron chi connectivity index (χ3n) is 5.16. The Bertz CT molecular complexity index is 771. The quantitative estimate of drug-likeness (QED) is 0.863. The number of amides is 1. The van der Waals surface area contributed by atoms with E-state index in [-0.39, 0.29) is 24.4 Å². The van der Waals surface area contributed by atoms with E-state index in [0.29, 0.717) is 23.9 Å². The van der Waals surface area contributed by atoms with Crippen molar-refractivity contribution >= 4 is 18.3 Å². The van der Waals surface area contributed by atoms with Crippen molar-refractivity contribution in [3.8, 4) is 5.75 Å². The lowest BCUT2D eigenvalue weighted by molar-refractivity contribution is 0.0713. The molecule has 2 N–H and O–H groups in total. The van der Waals surface area contributed by atoms with Crippen molar-refractivity contribution in [3.63, 3.8) is 0 Å². The summed E-state index contributed by atoms with van der Waals surface area (Å²) in [6, 6.07) is 13.8. The van der Waals surface area contributed by atoms with Crippen LogP contribution < -0.4 is 5.32 Å². The number of hydrogen-bond acceptors (Lipinski definition) is 3. The Morgan fingerprint density at radius 2 is 1.92 bits per heavy atom. The largest absolute Gasteiger partial charge is 0.505 e. The van der Waals surface area contributed by atoms with Gasteiger partial charge in [-0.05, 0) is 29.7 Å². The van der Waals surface area contributed by atoms with Gasteiger partial charge in [0.15, 0.2) is 11.6 Å². The number of likely N-dealkylation sites (tertiary alicyclic amines) is 1. The van der Waals surface area contributed by atoms with Crippen LogP contribution in [-0.4, -0.2) is 35.5 Å². The predicted molar refractivity (Wildman–Crippen MR) is 95.4 cm³/mol. The van der Waals surface area contributed by atoms with E-state index in [9.17, 15) is 14.3 Å². The second-order valence-electron chi connectivity index (χ2n) is 6.56. The highest BCUT2D eigenvalue weighted by atomic mass is 35.5. The van der Waals surface area contributed by atoms with Crippen molar-refractivity contribution in [1.82, 2.24) is 10.2 Å². The molecule has 2 fully saturated rings. The molecule has 0 radical (unpaired) electrons. The number of nitrogens with zero attached hydrogens (tertiary/aromatic N) is 1. The van der Waals surface area contributed by atoms with Gasteiger partial charge in [0.1, 0.15) is 0 Å². The molecule has 0 aromatic heterocycles. The van der Waals surface area contributed by atoms with E-state index in [1.54, 1.807) is 0 Å². The molecule has 1 amide bonds. The molecule has 6 heteroatoms. The van der Waals surface area contributed by atoms with Gasteiger partial charge in [0.25, 0.3) is 5.91 Å². The van der Waals surface area contributed by atoms with Gasteiger partial charge in [0.2, 0.25) is 0 Å². The van der Waals surface area contributed by atoms with Crippen molar-refractivity contribution in [1.29, 1.82) is 0 Å². The van der Waals surface area contributed by atoms with Crippen LogP contribution in [0.1, 0.15) is 22.0 Å². The maximum Gasteiger partial charge on any atom is 0.254 e. The zero-order valence-electron chi connectivity index (χ0n) is 13.6. The summed E-state index contributed by atoms with van der Waals surface area (Å²) in [5, 5.41) is 13.0. The number of halogens is 2. The van der Waals surface area contributed by atoms with Crippen LogP contribution in [0.25, 0.3) is 0 Å². The molecule has 2 heterocycles. The fourth-order valence-electron chi connectivity index (χ4n) is 4.02. The Kier molecular flexibility index (Phi) is 4.97. The summed E-state index contributed by atoms with van der Waals surface area (Å²) in [5.74, 6) is -0.557. The van der Waals surface area contributed by atoms with Gasteiger partial charge < -0.3 is 15.3 Å². The molecule has 2 saturated heterocycles. The molecule has 132 valence electrons. The summed E-state index contributed by atoms with van der Waals surface area (Å²) in [6.07, 6.45) is 0. The average Bonchev–Trinajstić information content (AvgIpc) is 3.18. The molecule has 0 spiro atoms. The van der Waals surface area contributed by atoms with E-state index >= 15 is 0 Å². The monoisotopic (exact) mass is 362 g/mol. The summed E-state index contributed by atoms with van der Waals surface area (Å²) < 4.78 is 13.3. The highest BCUT2D eigenvalue weighted by Crippen LogP contribution is 2.43. The molecule has 3 atom stereocenters. The van der Waals surface area contributed by atoms with Crippen LogP contribution in [0, 0.1) is 17.7 Å². The molecule has 25 heavy (non-hydrogen) atoms. The highest BCUT2D eigenvalue weighted by Gasteiger charge is 2.46. The van der Waals surface area contributed by atoms with Crippen molar-refractivity contribution in [2.75, 3.05) is 19.6 Å². The first-order valence-corrected chi connectivity index (χ1v) is 8.20. The summed E-state index contributed by atoms with van der Waals surface area (Å²) in [7, 11) is 0. The molecule has 2 aromatic rings. The van der Waals surface area contributed by atoms with Gasteiger partial charge >= 0.3 is 0 Å². The number of aromatic hydroxyl groups is 1. The number of carbonyl (C=O) groups is 1. The van der Waals surface area contributed by atoms with Crippen LogP contribution in [0.2, 0.25) is 0 Å². The molecule has 0 aliphatic carbocycles. The summed E-state index contributed by atoms with van der Waals surface area (Å²) in [6.45, 7) is 2.48. The van der Waals surface area contributed by atoms with E-state index in [4.69, 9.17) is 0 Å². The van der Waals surface area contributed by atoms with Crippen LogP contribution in [0.15, 0.2) is 48.5 Å². The average molecular weight is 363 g/mol. The van der Waals surface area contributed by atoms with E-state index < -0.39 is 11.6 Å². The van der Waals surface area contributed by atoms with Crippen molar-refractivity contribution in [2.45, 2.75) is 6.04 Å². The third kappa shape index (κ3) is 3.10. The molecule has 0 bridgehead atoms.